The molecular weight excluding hydrogens is 164 g/mol. The Kier molecular flexibility index (Phi) is 6.49. The highest BCUT2D eigenvalue weighted by molar-refractivity contribution is 5.85. The lowest BCUT2D eigenvalue weighted by molar-refractivity contribution is -0.873. The van der Waals surface area contributed by atoms with Gasteiger partial charge in [-0.1, -0.05) is 0 Å². The molecule has 0 spiro atoms. The van der Waals surface area contributed by atoms with Crippen molar-refractivity contribution in [3.8, 4) is 6.07 Å². The summed E-state index contributed by atoms with van der Waals surface area (Å²) >= 11 is 0. The quantitative estimate of drug-likeness (QED) is 0.637. The first-order valence-electron chi connectivity index (χ1n) is 3.31. The second-order valence-electron chi connectivity index (χ2n) is 3.49. The summed E-state index contributed by atoms with van der Waals surface area (Å²) in [7, 11) is 5.96. The van der Waals surface area contributed by atoms with Gasteiger partial charge in [-0.25, -0.2) is 0 Å². The van der Waals surface area contributed by atoms with Crippen LogP contribution in [0.4, 0.5) is 0 Å². The number of aliphatic hydroxyl groups is 1. The molecule has 0 aliphatic carbocycles. The molecule has 11 heavy (non-hydrogen) atoms. The van der Waals surface area contributed by atoms with Gasteiger partial charge in [0.05, 0.1) is 33.6 Å². The van der Waals surface area contributed by atoms with Gasteiger partial charge in [0.1, 0.15) is 12.6 Å². The van der Waals surface area contributed by atoms with Crippen molar-refractivity contribution in [3.05, 3.63) is 0 Å². The summed E-state index contributed by atoms with van der Waals surface area (Å²) in [5.41, 5.74) is 0. The van der Waals surface area contributed by atoms with E-state index in [0.717, 1.165) is 0 Å². The van der Waals surface area contributed by atoms with Crippen LogP contribution in [0, 0.1) is 11.3 Å². The maximum atomic E-state index is 9.15. The zero-order valence-corrected chi connectivity index (χ0v) is 8.06. The number of rotatable bonds is 3. The number of quaternary nitrogens is 1. The second kappa shape index (κ2) is 5.36. The van der Waals surface area contributed by atoms with Gasteiger partial charge < -0.3 is 9.59 Å². The van der Waals surface area contributed by atoms with Gasteiger partial charge in [-0.2, -0.15) is 5.26 Å². The smallest absolute Gasteiger partial charge is 0.116 e. The number of hydrogen-bond donors (Lipinski definition) is 1. The van der Waals surface area contributed by atoms with Crippen LogP contribution in [0.15, 0.2) is 0 Å². The van der Waals surface area contributed by atoms with Crippen LogP contribution >= 0.6 is 12.4 Å². The third-order valence-corrected chi connectivity index (χ3v) is 1.09. The highest BCUT2D eigenvalue weighted by Gasteiger charge is 2.14. The van der Waals surface area contributed by atoms with Crippen molar-refractivity contribution >= 4 is 12.4 Å². The molecule has 0 unspecified atom stereocenters. The summed E-state index contributed by atoms with van der Waals surface area (Å²) < 4.78 is 0.697. The average Bonchev–Trinajstić information content (AvgIpc) is 1.59. The molecule has 0 radical (unpaired) electrons. The highest BCUT2D eigenvalue weighted by Crippen LogP contribution is 1.97. The van der Waals surface area contributed by atoms with Gasteiger partial charge in [0.2, 0.25) is 0 Å². The molecule has 0 saturated carbocycles. The zero-order valence-electron chi connectivity index (χ0n) is 7.24. The molecule has 1 atom stereocenters. The van der Waals surface area contributed by atoms with Gasteiger partial charge in [-0.05, 0) is 0 Å². The molecule has 0 bridgehead atoms. The maximum absolute atomic E-state index is 9.15. The molecule has 3 nitrogen and oxygen atoms in total. The molecule has 0 aromatic carbocycles. The Morgan fingerprint density at radius 2 is 1.91 bits per heavy atom. The molecule has 0 aromatic rings. The van der Waals surface area contributed by atoms with Crippen molar-refractivity contribution in [3.63, 3.8) is 0 Å². The van der Waals surface area contributed by atoms with Gasteiger partial charge in [-0.3, -0.25) is 0 Å². The van der Waals surface area contributed by atoms with Crippen molar-refractivity contribution in [2.45, 2.75) is 12.5 Å². The van der Waals surface area contributed by atoms with Gasteiger partial charge in [0.25, 0.3) is 0 Å². The number of nitrogens with zero attached hydrogens (tertiary/aromatic N) is 2. The molecule has 0 amide bonds. The van der Waals surface area contributed by atoms with Crippen LogP contribution in [-0.4, -0.2) is 43.4 Å². The summed E-state index contributed by atoms with van der Waals surface area (Å²) in [4.78, 5) is 0. The van der Waals surface area contributed by atoms with Gasteiger partial charge >= 0.3 is 0 Å². The number of aliphatic hydroxyl groups excluding tert-OH is 1. The van der Waals surface area contributed by atoms with E-state index in [2.05, 4.69) is 0 Å². The first kappa shape index (κ1) is 13.3. The van der Waals surface area contributed by atoms with Crippen molar-refractivity contribution in [1.29, 1.82) is 5.26 Å². The first-order valence-corrected chi connectivity index (χ1v) is 3.31. The van der Waals surface area contributed by atoms with E-state index in [0.29, 0.717) is 11.0 Å². The van der Waals surface area contributed by atoms with Crippen molar-refractivity contribution in [1.82, 2.24) is 0 Å². The number of hydrogen-bond acceptors (Lipinski definition) is 2. The SMILES string of the molecule is C[N+](C)(C)C[C@@H](O)CC#N.Cl. The molecule has 0 rings (SSSR count). The minimum absolute atomic E-state index is 0. The van der Waals surface area contributed by atoms with Crippen LogP contribution in [0.3, 0.4) is 0 Å². The Balaban J connectivity index is 0. The predicted octanol–water partition coefficient (Wildman–Crippen LogP) is 0.389. The lowest BCUT2D eigenvalue weighted by Crippen LogP contribution is -2.41. The van der Waals surface area contributed by atoms with Crippen LogP contribution < -0.4 is 0 Å². The second-order valence-corrected chi connectivity index (χ2v) is 3.49. The number of halogens is 1. The molecule has 1 N–H and O–H groups in total. The van der Waals surface area contributed by atoms with E-state index in [4.69, 9.17) is 10.4 Å². The zero-order chi connectivity index (χ0) is 8.20. The minimum Gasteiger partial charge on any atom is -0.386 e. The van der Waals surface area contributed by atoms with E-state index in [1.54, 1.807) is 0 Å². The monoisotopic (exact) mass is 179 g/mol. The fourth-order valence-corrected chi connectivity index (χ4v) is 0.802. The van der Waals surface area contributed by atoms with Crippen molar-refractivity contribution < 1.29 is 9.59 Å². The molecule has 4 heteroatoms. The van der Waals surface area contributed by atoms with Gasteiger partial charge in [0.15, 0.2) is 0 Å². The first-order chi connectivity index (χ1) is 4.45. The third-order valence-electron chi connectivity index (χ3n) is 1.09. The number of nitriles is 1. The third kappa shape index (κ3) is 9.70. The average molecular weight is 180 g/mol. The normalized spacial score (nSPS) is 13.0. The molecule has 66 valence electrons. The molecule has 0 saturated heterocycles. The maximum Gasteiger partial charge on any atom is 0.116 e. The largest absolute Gasteiger partial charge is 0.386 e. The van der Waals surface area contributed by atoms with Crippen LogP contribution in [0.5, 0.6) is 0 Å². The summed E-state index contributed by atoms with van der Waals surface area (Å²) in [6, 6.07) is 1.93. The van der Waals surface area contributed by atoms with E-state index >= 15 is 0 Å². The molecule has 0 aromatic heterocycles. The topological polar surface area (TPSA) is 44.0 Å². The Morgan fingerprint density at radius 1 is 1.45 bits per heavy atom. The van der Waals surface area contributed by atoms with Crippen LogP contribution in [0.25, 0.3) is 0 Å². The molecule has 0 fully saturated rings. The predicted molar refractivity (Wildman–Crippen MR) is 46.4 cm³/mol. The Hall–Kier alpha value is -0.300. The summed E-state index contributed by atoms with van der Waals surface area (Å²) in [5.74, 6) is 0. The van der Waals surface area contributed by atoms with Crippen LogP contribution in [-0.2, 0) is 0 Å². The Labute approximate surface area is 74.2 Å². The van der Waals surface area contributed by atoms with Gasteiger partial charge in [-0.15, -0.1) is 12.4 Å². The summed E-state index contributed by atoms with van der Waals surface area (Å²) in [6.45, 7) is 0.633. The van der Waals surface area contributed by atoms with E-state index in [1.807, 2.05) is 27.2 Å². The highest BCUT2D eigenvalue weighted by atomic mass is 35.5. The standard InChI is InChI=1S/C7H15N2O.ClH/c1-9(2,3)6-7(10)4-5-8;/h7,10H,4,6H2,1-3H3;1H/q+1;/t7-;/m0./s1. The lowest BCUT2D eigenvalue weighted by atomic mass is 10.2. The Morgan fingerprint density at radius 3 is 2.18 bits per heavy atom. The van der Waals surface area contributed by atoms with E-state index in [1.165, 1.54) is 0 Å². The number of likely N-dealkylation sites (N-methyl/N-ethyl adjacent to an activating group) is 1. The van der Waals surface area contributed by atoms with Crippen molar-refractivity contribution in [2.75, 3.05) is 27.7 Å². The molecule has 0 heterocycles. The van der Waals surface area contributed by atoms with Gasteiger partial charge in [0, 0.05) is 0 Å². The van der Waals surface area contributed by atoms with Crippen LogP contribution in [0.2, 0.25) is 0 Å². The van der Waals surface area contributed by atoms with Crippen molar-refractivity contribution in [2.24, 2.45) is 0 Å². The van der Waals surface area contributed by atoms with E-state index < -0.39 is 6.10 Å². The lowest BCUT2D eigenvalue weighted by Gasteiger charge is -2.25. The molecular formula is C7H16ClN2O+. The fraction of sp³-hybridized carbons (Fsp3) is 0.857. The fourth-order valence-electron chi connectivity index (χ4n) is 0.802. The Bertz CT molecular complexity index is 136. The molecule has 0 aliphatic heterocycles. The van der Waals surface area contributed by atoms with E-state index in [-0.39, 0.29) is 18.8 Å². The van der Waals surface area contributed by atoms with Crippen LogP contribution in [0.1, 0.15) is 6.42 Å². The van der Waals surface area contributed by atoms with E-state index in [9.17, 15) is 0 Å². The summed E-state index contributed by atoms with van der Waals surface area (Å²) in [5, 5.41) is 17.4. The summed E-state index contributed by atoms with van der Waals surface area (Å²) in [6.07, 6.45) is -0.250. The minimum atomic E-state index is -0.481. The molecule has 0 aliphatic rings.